The molecule has 0 spiro atoms. The van der Waals surface area contributed by atoms with E-state index in [1.54, 1.807) is 15.9 Å². The Bertz CT molecular complexity index is 834. The zero-order valence-electron chi connectivity index (χ0n) is 15.9. The van der Waals surface area contributed by atoms with Gasteiger partial charge >= 0.3 is 6.03 Å². The van der Waals surface area contributed by atoms with Gasteiger partial charge in [-0.1, -0.05) is 6.07 Å². The molecule has 2 aromatic rings. The summed E-state index contributed by atoms with van der Waals surface area (Å²) in [5, 5.41) is 7.38. The zero-order valence-corrected chi connectivity index (χ0v) is 16.7. The van der Waals surface area contributed by atoms with E-state index in [-0.39, 0.29) is 23.7 Å². The summed E-state index contributed by atoms with van der Waals surface area (Å²) in [6.45, 7) is 2.26. The van der Waals surface area contributed by atoms with Gasteiger partial charge in [-0.05, 0) is 42.1 Å². The number of carbonyl (C=O) groups excluding carboxylic acids is 3. The van der Waals surface area contributed by atoms with Gasteiger partial charge in [0.1, 0.15) is 5.82 Å². The second-order valence-corrected chi connectivity index (χ2v) is 7.59. The first-order valence-electron chi connectivity index (χ1n) is 9.44. The van der Waals surface area contributed by atoms with E-state index < -0.39 is 0 Å². The lowest BCUT2D eigenvalue weighted by molar-refractivity contribution is -0.132. The molecule has 0 unspecified atom stereocenters. The smallest absolute Gasteiger partial charge is 0.321 e. The summed E-state index contributed by atoms with van der Waals surface area (Å²) < 4.78 is 12.9. The van der Waals surface area contributed by atoms with Crippen LogP contribution in [0.1, 0.15) is 22.5 Å². The Balaban J connectivity index is 1.34. The SMILES string of the molecule is O=C(NCCCC(=O)N1CCN(C(=O)Nc2ccc(F)cc2)CC1)c1cccs1. The minimum atomic E-state index is -0.360. The topological polar surface area (TPSA) is 81.8 Å². The molecule has 0 saturated carbocycles. The highest BCUT2D eigenvalue weighted by atomic mass is 32.1. The largest absolute Gasteiger partial charge is 0.351 e. The molecule has 1 saturated heterocycles. The predicted octanol–water partition coefficient (Wildman–Crippen LogP) is 2.77. The summed E-state index contributed by atoms with van der Waals surface area (Å²) in [5.74, 6) is -0.455. The van der Waals surface area contributed by atoms with Crippen molar-refractivity contribution in [2.24, 2.45) is 0 Å². The van der Waals surface area contributed by atoms with Gasteiger partial charge in [-0.2, -0.15) is 0 Å². The van der Waals surface area contributed by atoms with Crippen molar-refractivity contribution in [3.05, 3.63) is 52.5 Å². The number of anilines is 1. The Hall–Kier alpha value is -2.94. The maximum atomic E-state index is 12.9. The third kappa shape index (κ3) is 6.02. The van der Waals surface area contributed by atoms with Gasteiger partial charge in [-0.25, -0.2) is 9.18 Å². The van der Waals surface area contributed by atoms with Gasteiger partial charge in [0.05, 0.1) is 4.88 Å². The van der Waals surface area contributed by atoms with Crippen LogP contribution >= 0.6 is 11.3 Å². The van der Waals surface area contributed by atoms with Crippen molar-refractivity contribution in [2.45, 2.75) is 12.8 Å². The maximum absolute atomic E-state index is 12.9. The number of nitrogens with one attached hydrogen (secondary N) is 2. The average molecular weight is 418 g/mol. The third-order valence-corrected chi connectivity index (χ3v) is 5.48. The lowest BCUT2D eigenvalue weighted by Crippen LogP contribution is -2.51. The molecule has 0 atom stereocenters. The van der Waals surface area contributed by atoms with E-state index in [1.807, 2.05) is 11.4 Å². The van der Waals surface area contributed by atoms with E-state index in [0.29, 0.717) is 56.1 Å². The van der Waals surface area contributed by atoms with Crippen molar-refractivity contribution in [3.8, 4) is 0 Å². The second kappa shape index (κ2) is 10.0. The first-order chi connectivity index (χ1) is 14.0. The van der Waals surface area contributed by atoms with Crippen LogP contribution in [0.5, 0.6) is 0 Å². The molecule has 1 aromatic heterocycles. The van der Waals surface area contributed by atoms with Gasteiger partial charge in [0.25, 0.3) is 5.91 Å². The van der Waals surface area contributed by atoms with Crippen molar-refractivity contribution in [3.63, 3.8) is 0 Å². The van der Waals surface area contributed by atoms with E-state index in [1.165, 1.54) is 35.6 Å². The van der Waals surface area contributed by atoms with E-state index in [9.17, 15) is 18.8 Å². The highest BCUT2D eigenvalue weighted by molar-refractivity contribution is 7.12. The van der Waals surface area contributed by atoms with Gasteiger partial charge in [-0.15, -0.1) is 11.3 Å². The van der Waals surface area contributed by atoms with Crippen molar-refractivity contribution >= 4 is 34.9 Å². The van der Waals surface area contributed by atoms with Crippen LogP contribution in [0.4, 0.5) is 14.9 Å². The molecule has 29 heavy (non-hydrogen) atoms. The number of hydrogen-bond donors (Lipinski definition) is 2. The van der Waals surface area contributed by atoms with Crippen LogP contribution in [0.2, 0.25) is 0 Å². The number of hydrogen-bond acceptors (Lipinski definition) is 4. The molecule has 7 nitrogen and oxygen atoms in total. The highest BCUT2D eigenvalue weighted by Gasteiger charge is 2.24. The average Bonchev–Trinajstić information content (AvgIpc) is 3.28. The van der Waals surface area contributed by atoms with Gasteiger partial charge in [-0.3, -0.25) is 9.59 Å². The van der Waals surface area contributed by atoms with Crippen molar-refractivity contribution in [1.82, 2.24) is 15.1 Å². The molecule has 3 rings (SSSR count). The molecule has 0 aliphatic carbocycles. The standard InChI is InChI=1S/C20H23FN4O3S/c21-15-5-7-16(8-6-15)23-20(28)25-12-10-24(11-13-25)18(26)4-1-9-22-19(27)17-3-2-14-29-17/h2-3,5-8,14H,1,4,9-13H2,(H,22,27)(H,23,28). The van der Waals surface area contributed by atoms with Crippen molar-refractivity contribution in [2.75, 3.05) is 38.0 Å². The lowest BCUT2D eigenvalue weighted by atomic mass is 10.2. The molecule has 1 aliphatic heterocycles. The molecule has 0 radical (unpaired) electrons. The van der Waals surface area contributed by atoms with Gasteiger partial charge in [0, 0.05) is 44.8 Å². The summed E-state index contributed by atoms with van der Waals surface area (Å²) in [5.41, 5.74) is 0.527. The molecule has 1 aliphatic rings. The molecule has 1 fully saturated rings. The van der Waals surface area contributed by atoms with Crippen LogP contribution in [-0.4, -0.2) is 60.4 Å². The van der Waals surface area contributed by atoms with Gasteiger partial charge < -0.3 is 20.4 Å². The summed E-state index contributed by atoms with van der Waals surface area (Å²) in [6.07, 6.45) is 0.924. The molecule has 2 heterocycles. The number of benzene rings is 1. The van der Waals surface area contributed by atoms with E-state index in [4.69, 9.17) is 0 Å². The summed E-state index contributed by atoms with van der Waals surface area (Å²) in [7, 11) is 0. The number of halogens is 1. The number of piperazine rings is 1. The van der Waals surface area contributed by atoms with E-state index in [2.05, 4.69) is 10.6 Å². The number of amides is 4. The molecule has 1 aromatic carbocycles. The normalized spacial score (nSPS) is 13.8. The first kappa shape index (κ1) is 20.8. The number of rotatable bonds is 6. The highest BCUT2D eigenvalue weighted by Crippen LogP contribution is 2.12. The Morgan fingerprint density at radius 2 is 1.69 bits per heavy atom. The van der Waals surface area contributed by atoms with Gasteiger partial charge in [0.15, 0.2) is 0 Å². The number of carbonyl (C=O) groups is 3. The van der Waals surface area contributed by atoms with E-state index in [0.717, 1.165) is 0 Å². The number of nitrogens with zero attached hydrogens (tertiary/aromatic N) is 2. The lowest BCUT2D eigenvalue weighted by Gasteiger charge is -2.34. The fourth-order valence-electron chi connectivity index (χ4n) is 2.99. The first-order valence-corrected chi connectivity index (χ1v) is 10.3. The number of urea groups is 1. The van der Waals surface area contributed by atoms with Crippen LogP contribution in [0.15, 0.2) is 41.8 Å². The van der Waals surface area contributed by atoms with Crippen LogP contribution in [0.3, 0.4) is 0 Å². The van der Waals surface area contributed by atoms with Gasteiger partial charge in [0.2, 0.25) is 5.91 Å². The van der Waals surface area contributed by atoms with Crippen LogP contribution in [0.25, 0.3) is 0 Å². The fraction of sp³-hybridized carbons (Fsp3) is 0.350. The van der Waals surface area contributed by atoms with Crippen molar-refractivity contribution < 1.29 is 18.8 Å². The second-order valence-electron chi connectivity index (χ2n) is 6.64. The predicted molar refractivity (Wildman–Crippen MR) is 109 cm³/mol. The third-order valence-electron chi connectivity index (χ3n) is 4.61. The minimum absolute atomic E-state index is 0.0222. The Labute approximate surface area is 172 Å². The molecule has 0 bridgehead atoms. The Morgan fingerprint density at radius 3 is 2.34 bits per heavy atom. The monoisotopic (exact) mass is 418 g/mol. The Morgan fingerprint density at radius 1 is 1.00 bits per heavy atom. The summed E-state index contributed by atoms with van der Waals surface area (Å²) in [6, 6.07) is 8.90. The van der Waals surface area contributed by atoms with E-state index >= 15 is 0 Å². The van der Waals surface area contributed by atoms with Crippen LogP contribution < -0.4 is 10.6 Å². The van der Waals surface area contributed by atoms with Crippen LogP contribution in [-0.2, 0) is 4.79 Å². The zero-order chi connectivity index (χ0) is 20.6. The quantitative estimate of drug-likeness (QED) is 0.708. The minimum Gasteiger partial charge on any atom is -0.351 e. The summed E-state index contributed by atoms with van der Waals surface area (Å²) in [4.78, 5) is 40.5. The molecular formula is C20H23FN4O3S. The molecule has 4 amide bonds. The molecule has 2 N–H and O–H groups in total. The maximum Gasteiger partial charge on any atom is 0.321 e. The van der Waals surface area contributed by atoms with Crippen molar-refractivity contribution in [1.29, 1.82) is 0 Å². The molecule has 9 heteroatoms. The number of thiophene rings is 1. The van der Waals surface area contributed by atoms with Crippen LogP contribution in [0, 0.1) is 5.82 Å². The fourth-order valence-corrected chi connectivity index (χ4v) is 3.63. The molecule has 154 valence electrons. The molecular weight excluding hydrogens is 395 g/mol. The summed E-state index contributed by atoms with van der Waals surface area (Å²) >= 11 is 1.38. The Kier molecular flexibility index (Phi) is 7.18.